The predicted octanol–water partition coefficient (Wildman–Crippen LogP) is -5.67. The molecule has 0 amide bonds. The first-order valence-electron chi connectivity index (χ1n) is 7.25. The van der Waals surface area contributed by atoms with E-state index < -0.39 is 60.7 Å². The molecule has 0 bridgehead atoms. The van der Waals surface area contributed by atoms with Crippen molar-refractivity contribution in [2.45, 2.75) is 14.7 Å². The molecule has 12 nitrogen and oxygen atoms in total. The van der Waals surface area contributed by atoms with Crippen molar-refractivity contribution in [1.82, 2.24) is 0 Å². The van der Waals surface area contributed by atoms with Crippen LogP contribution in [0.1, 0.15) is 0 Å². The molecule has 0 heterocycles. The van der Waals surface area contributed by atoms with Crippen LogP contribution in [0.15, 0.2) is 51.1 Å². The van der Waals surface area contributed by atoms with Gasteiger partial charge in [-0.05, 0) is 36.4 Å². The molecule has 0 saturated carbocycles. The maximum Gasteiger partial charge on any atom is 1.00 e. The molecule has 0 radical (unpaired) electrons. The minimum absolute atomic E-state index is 0. The number of rotatable bonds is 7. The Labute approximate surface area is 275 Å². The van der Waals surface area contributed by atoms with E-state index in [-0.39, 0.29) is 113 Å². The molecule has 2 N–H and O–H groups in total. The third-order valence-corrected chi connectivity index (χ3v) is 7.18. The van der Waals surface area contributed by atoms with Crippen LogP contribution in [0.5, 0.6) is 0 Å². The van der Waals surface area contributed by atoms with Crippen molar-refractivity contribution in [2.24, 2.45) is 0 Å². The number of nitrogens with one attached hydrogen (secondary N) is 2. The van der Waals surface area contributed by atoms with Crippen LogP contribution in [-0.2, 0) is 40.3 Å². The minimum Gasteiger partial charge on any atom is -0.744 e. The first-order chi connectivity index (χ1) is 13.4. The van der Waals surface area contributed by atoms with Crippen LogP contribution in [0.25, 0.3) is 0 Å². The van der Waals surface area contributed by atoms with Gasteiger partial charge in [-0.1, -0.05) is 11.6 Å². The monoisotopic (exact) mass is 596 g/mol. The quantitative estimate of drug-likeness (QED) is 0.229. The first-order valence-corrected chi connectivity index (χ1v) is 13.8. The molecule has 0 fully saturated rings. The summed E-state index contributed by atoms with van der Waals surface area (Å²) in [4.78, 5) is -2.87. The summed E-state index contributed by atoms with van der Waals surface area (Å²) in [5, 5.41) is -0.140. The van der Waals surface area contributed by atoms with E-state index in [2.05, 4.69) is 0 Å². The van der Waals surface area contributed by atoms with Gasteiger partial charge in [0.1, 0.15) is 20.2 Å². The van der Waals surface area contributed by atoms with Gasteiger partial charge in [-0.3, -0.25) is 9.44 Å². The average Bonchev–Trinajstić information content (AvgIpc) is 2.53. The molecule has 0 aliphatic carbocycles. The van der Waals surface area contributed by atoms with Crippen molar-refractivity contribution in [3.05, 3.63) is 41.4 Å². The van der Waals surface area contributed by atoms with E-state index in [1.54, 1.807) is 0 Å². The van der Waals surface area contributed by atoms with E-state index in [4.69, 9.17) is 11.6 Å². The number of hydrogen-bond acceptors (Lipinski definition) is 10. The number of anilines is 2. The zero-order chi connectivity index (χ0) is 23.1. The van der Waals surface area contributed by atoms with Gasteiger partial charge in [0.2, 0.25) is 10.0 Å². The zero-order valence-electron chi connectivity index (χ0n) is 16.6. The molecule has 0 atom stereocenters. The fraction of sp³-hybridized carbons (Fsp3) is 0.0769. The standard InChI is InChI=1S/C13H13ClN2O10S4.2K/c1-27(17,18)16-13-7-9(2-3-12(13)14)28(19,20)15-8-4-10(29(21,22)23)6-11(5-8)30(24,25)26;;/h2-7,15-16H,1H3,(H,21,22,23)(H,24,25,26);;/q;2*+1/p-2. The van der Waals surface area contributed by atoms with Gasteiger partial charge in [-0.25, -0.2) is 33.7 Å². The third kappa shape index (κ3) is 9.76. The molecule has 19 heteroatoms. The Hall–Kier alpha value is 1.32. The van der Waals surface area contributed by atoms with Gasteiger partial charge in [-0.15, -0.1) is 0 Å². The van der Waals surface area contributed by atoms with Crippen molar-refractivity contribution >= 4 is 63.3 Å². The van der Waals surface area contributed by atoms with Crippen molar-refractivity contribution in [3.8, 4) is 0 Å². The van der Waals surface area contributed by atoms with Crippen LogP contribution in [0.3, 0.4) is 0 Å². The molecule has 166 valence electrons. The molecule has 32 heavy (non-hydrogen) atoms. The molecule has 2 aromatic rings. The van der Waals surface area contributed by atoms with Gasteiger partial charge >= 0.3 is 103 Å². The SMILES string of the molecule is CS(=O)(=O)Nc1cc(S(=O)(=O)Nc2cc(S(=O)(=O)[O-])cc(S(=O)(=O)[O-])c2)ccc1Cl.[K+].[K+]. The number of sulfonamides is 2. The summed E-state index contributed by atoms with van der Waals surface area (Å²) in [6, 6.07) is 4.18. The normalized spacial score (nSPS) is 12.2. The Kier molecular flexibility index (Phi) is 12.5. The van der Waals surface area contributed by atoms with Gasteiger partial charge in [0, 0.05) is 0 Å². The maximum atomic E-state index is 12.6. The fourth-order valence-corrected chi connectivity index (χ4v) is 5.10. The topological polar surface area (TPSA) is 207 Å². The zero-order valence-corrected chi connectivity index (χ0v) is 26.8. The van der Waals surface area contributed by atoms with E-state index in [0.29, 0.717) is 18.2 Å². The molecule has 0 saturated heterocycles. The third-order valence-electron chi connectivity index (χ3n) is 3.25. The maximum absolute atomic E-state index is 12.6. The van der Waals surface area contributed by atoms with Gasteiger partial charge in [0.15, 0.2) is 0 Å². The molecule has 0 aliphatic heterocycles. The summed E-state index contributed by atoms with van der Waals surface area (Å²) in [5.41, 5.74) is -1.00. The molecular formula is C13H11ClK2N2O10S4. The summed E-state index contributed by atoms with van der Waals surface area (Å²) in [7, 11) is -18.9. The number of benzene rings is 2. The Morgan fingerprint density at radius 2 is 1.19 bits per heavy atom. The van der Waals surface area contributed by atoms with Crippen LogP contribution in [0.4, 0.5) is 11.4 Å². The molecule has 0 spiro atoms. The summed E-state index contributed by atoms with van der Waals surface area (Å²) in [6.07, 6.45) is 0.794. The molecular weight excluding hydrogens is 586 g/mol. The summed E-state index contributed by atoms with van der Waals surface area (Å²) >= 11 is 5.81. The van der Waals surface area contributed by atoms with Crippen molar-refractivity contribution in [1.29, 1.82) is 0 Å². The average molecular weight is 597 g/mol. The number of halogens is 1. The molecule has 0 aliphatic rings. The van der Waals surface area contributed by atoms with Crippen LogP contribution in [-0.4, -0.2) is 49.0 Å². The van der Waals surface area contributed by atoms with Gasteiger partial charge in [0.05, 0.1) is 37.3 Å². The van der Waals surface area contributed by atoms with Crippen LogP contribution >= 0.6 is 11.6 Å². The Balaban J connectivity index is 0.00000480. The van der Waals surface area contributed by atoms with Crippen molar-refractivity contribution in [3.63, 3.8) is 0 Å². The second kappa shape index (κ2) is 12.0. The molecule has 2 rings (SSSR count). The molecule has 0 aromatic heterocycles. The second-order valence-electron chi connectivity index (χ2n) is 5.72. The van der Waals surface area contributed by atoms with E-state index in [1.807, 2.05) is 9.44 Å². The first kappa shape index (κ1) is 33.3. The molecule has 2 aromatic carbocycles. The largest absolute Gasteiger partial charge is 1.00 e. The predicted molar refractivity (Wildman–Crippen MR) is 103 cm³/mol. The van der Waals surface area contributed by atoms with Crippen LogP contribution < -0.4 is 112 Å². The smallest absolute Gasteiger partial charge is 0.744 e. The van der Waals surface area contributed by atoms with Gasteiger partial charge in [0.25, 0.3) is 10.0 Å². The Bertz CT molecular complexity index is 1390. The summed E-state index contributed by atoms with van der Waals surface area (Å²) < 4.78 is 119. The van der Waals surface area contributed by atoms with Gasteiger partial charge < -0.3 is 9.11 Å². The fourth-order valence-electron chi connectivity index (χ4n) is 2.08. The van der Waals surface area contributed by atoms with E-state index in [9.17, 15) is 42.8 Å². The van der Waals surface area contributed by atoms with Crippen molar-refractivity contribution in [2.75, 3.05) is 15.7 Å². The number of hydrogen-bond donors (Lipinski definition) is 2. The van der Waals surface area contributed by atoms with Gasteiger partial charge in [-0.2, -0.15) is 0 Å². The van der Waals surface area contributed by atoms with E-state index >= 15 is 0 Å². The van der Waals surface area contributed by atoms with E-state index in [0.717, 1.165) is 24.5 Å². The molecule has 0 unspecified atom stereocenters. The minimum atomic E-state index is -5.24. The Morgan fingerprint density at radius 1 is 0.719 bits per heavy atom. The van der Waals surface area contributed by atoms with E-state index in [1.165, 1.54) is 0 Å². The second-order valence-corrected chi connectivity index (χ2v) is 12.3. The van der Waals surface area contributed by atoms with Crippen LogP contribution in [0, 0.1) is 0 Å². The van der Waals surface area contributed by atoms with Crippen molar-refractivity contribution < 1.29 is 146 Å². The Morgan fingerprint density at radius 3 is 1.59 bits per heavy atom. The summed E-state index contributed by atoms with van der Waals surface area (Å²) in [6.45, 7) is 0. The summed E-state index contributed by atoms with van der Waals surface area (Å²) in [5.74, 6) is 0. The van der Waals surface area contributed by atoms with Crippen LogP contribution in [0.2, 0.25) is 5.02 Å².